The van der Waals surface area contributed by atoms with Gasteiger partial charge in [-0.3, -0.25) is 4.79 Å². The minimum atomic E-state index is -0.889. The van der Waals surface area contributed by atoms with E-state index in [0.717, 1.165) is 12.1 Å². The average molecular weight is 199 g/mol. The van der Waals surface area contributed by atoms with Gasteiger partial charge >= 0.3 is 0 Å². The first-order chi connectivity index (χ1) is 6.50. The zero-order chi connectivity index (χ0) is 10.7. The molecular formula is C10H11F2NO. The van der Waals surface area contributed by atoms with E-state index in [9.17, 15) is 13.6 Å². The molecule has 1 amide bonds. The molecule has 1 aromatic rings. The lowest BCUT2D eigenvalue weighted by molar-refractivity contribution is -0.128. The summed E-state index contributed by atoms with van der Waals surface area (Å²) >= 11 is 0. The molecule has 0 aromatic heterocycles. The van der Waals surface area contributed by atoms with Crippen LogP contribution in [0.25, 0.3) is 0 Å². The second kappa shape index (κ2) is 4.17. The lowest BCUT2D eigenvalue weighted by Crippen LogP contribution is -2.23. The third kappa shape index (κ3) is 2.52. The van der Waals surface area contributed by atoms with Crippen LogP contribution < -0.4 is 0 Å². The fourth-order valence-electron chi connectivity index (χ4n) is 1.02. The molecule has 0 radical (unpaired) electrons. The molecule has 14 heavy (non-hydrogen) atoms. The molecule has 2 nitrogen and oxygen atoms in total. The van der Waals surface area contributed by atoms with Crippen LogP contribution in [-0.2, 0) is 11.3 Å². The maximum atomic E-state index is 12.8. The van der Waals surface area contributed by atoms with Gasteiger partial charge in [0.15, 0.2) is 11.6 Å². The molecule has 0 aliphatic heterocycles. The Morgan fingerprint density at radius 1 is 1.36 bits per heavy atom. The molecule has 0 N–H and O–H groups in total. The van der Waals surface area contributed by atoms with Crippen LogP contribution in [0.1, 0.15) is 12.5 Å². The number of benzene rings is 1. The largest absolute Gasteiger partial charge is 0.342 e. The highest BCUT2D eigenvalue weighted by Gasteiger charge is 2.06. The molecule has 1 rings (SSSR count). The molecule has 0 atom stereocenters. The third-order valence-electron chi connectivity index (χ3n) is 1.94. The van der Waals surface area contributed by atoms with Crippen molar-refractivity contribution >= 4 is 5.91 Å². The summed E-state index contributed by atoms with van der Waals surface area (Å²) in [6, 6.07) is 3.60. The fourth-order valence-corrected chi connectivity index (χ4v) is 1.02. The number of rotatable bonds is 2. The molecule has 0 saturated heterocycles. The maximum absolute atomic E-state index is 12.8. The molecule has 0 aliphatic rings. The Morgan fingerprint density at radius 3 is 2.50 bits per heavy atom. The van der Waals surface area contributed by atoms with Crippen molar-refractivity contribution in [2.24, 2.45) is 0 Å². The number of carbonyl (C=O) groups excluding carboxylic acids is 1. The van der Waals surface area contributed by atoms with Crippen molar-refractivity contribution in [3.8, 4) is 0 Å². The van der Waals surface area contributed by atoms with Crippen LogP contribution in [0.4, 0.5) is 8.78 Å². The van der Waals surface area contributed by atoms with Crippen molar-refractivity contribution in [2.45, 2.75) is 13.5 Å². The topological polar surface area (TPSA) is 20.3 Å². The van der Waals surface area contributed by atoms with Crippen molar-refractivity contribution in [3.63, 3.8) is 0 Å². The molecule has 4 heteroatoms. The number of hydrogen-bond donors (Lipinski definition) is 0. The van der Waals surface area contributed by atoms with Gasteiger partial charge in [0, 0.05) is 20.5 Å². The molecule has 0 unspecified atom stereocenters. The highest BCUT2D eigenvalue weighted by atomic mass is 19.2. The smallest absolute Gasteiger partial charge is 0.219 e. The lowest BCUT2D eigenvalue weighted by Gasteiger charge is -2.14. The van der Waals surface area contributed by atoms with Crippen molar-refractivity contribution in [1.82, 2.24) is 4.90 Å². The van der Waals surface area contributed by atoms with Crippen LogP contribution in [0.2, 0.25) is 0 Å². The van der Waals surface area contributed by atoms with Crippen LogP contribution in [-0.4, -0.2) is 17.9 Å². The van der Waals surface area contributed by atoms with Crippen molar-refractivity contribution in [2.75, 3.05) is 7.05 Å². The zero-order valence-corrected chi connectivity index (χ0v) is 8.05. The van der Waals surface area contributed by atoms with E-state index in [4.69, 9.17) is 0 Å². The molecule has 0 bridgehead atoms. The first-order valence-corrected chi connectivity index (χ1v) is 4.16. The quantitative estimate of drug-likeness (QED) is 0.712. The molecule has 0 fully saturated rings. The number of carbonyl (C=O) groups is 1. The van der Waals surface area contributed by atoms with Gasteiger partial charge in [-0.15, -0.1) is 0 Å². The van der Waals surface area contributed by atoms with Crippen molar-refractivity contribution < 1.29 is 13.6 Å². The third-order valence-corrected chi connectivity index (χ3v) is 1.94. The second-order valence-electron chi connectivity index (χ2n) is 3.12. The first kappa shape index (κ1) is 10.6. The van der Waals surface area contributed by atoms with Gasteiger partial charge in [0.2, 0.25) is 5.91 Å². The summed E-state index contributed by atoms with van der Waals surface area (Å²) < 4.78 is 25.3. The van der Waals surface area contributed by atoms with Crippen LogP contribution in [0, 0.1) is 11.6 Å². The van der Waals surface area contributed by atoms with Crippen molar-refractivity contribution in [3.05, 3.63) is 35.4 Å². The van der Waals surface area contributed by atoms with E-state index in [2.05, 4.69) is 0 Å². The summed E-state index contributed by atoms with van der Waals surface area (Å²) in [6.45, 7) is 1.70. The van der Waals surface area contributed by atoms with Crippen LogP contribution >= 0.6 is 0 Å². The molecule has 0 aliphatic carbocycles. The maximum Gasteiger partial charge on any atom is 0.219 e. The van der Waals surface area contributed by atoms with Crippen molar-refractivity contribution in [1.29, 1.82) is 0 Å². The van der Waals surface area contributed by atoms with E-state index in [-0.39, 0.29) is 12.5 Å². The Balaban J connectivity index is 2.78. The zero-order valence-electron chi connectivity index (χ0n) is 8.05. The van der Waals surface area contributed by atoms with Crippen LogP contribution in [0.15, 0.2) is 18.2 Å². The Morgan fingerprint density at radius 2 is 2.00 bits per heavy atom. The van der Waals surface area contributed by atoms with Gasteiger partial charge in [0.1, 0.15) is 0 Å². The summed E-state index contributed by atoms with van der Waals surface area (Å²) in [6.07, 6.45) is 0. The molecule has 0 heterocycles. The van der Waals surface area contributed by atoms with Crippen LogP contribution in [0.5, 0.6) is 0 Å². The highest BCUT2D eigenvalue weighted by molar-refractivity contribution is 5.72. The van der Waals surface area contributed by atoms with Gasteiger partial charge in [0.25, 0.3) is 0 Å². The molecule has 0 spiro atoms. The van der Waals surface area contributed by atoms with E-state index in [1.54, 1.807) is 7.05 Å². The van der Waals surface area contributed by atoms with Gasteiger partial charge in [-0.25, -0.2) is 8.78 Å². The minimum absolute atomic E-state index is 0.116. The van der Waals surface area contributed by atoms with E-state index in [1.165, 1.54) is 17.9 Å². The minimum Gasteiger partial charge on any atom is -0.342 e. The predicted octanol–water partition coefficient (Wildman–Crippen LogP) is 1.94. The van der Waals surface area contributed by atoms with Gasteiger partial charge < -0.3 is 4.90 Å². The van der Waals surface area contributed by atoms with E-state index in [1.807, 2.05) is 0 Å². The summed E-state index contributed by atoms with van der Waals surface area (Å²) in [7, 11) is 1.60. The Labute approximate surface area is 81.1 Å². The predicted molar refractivity (Wildman–Crippen MR) is 48.5 cm³/mol. The van der Waals surface area contributed by atoms with E-state index < -0.39 is 11.6 Å². The van der Waals surface area contributed by atoms with Gasteiger partial charge in [0.05, 0.1) is 0 Å². The highest BCUT2D eigenvalue weighted by Crippen LogP contribution is 2.10. The molecule has 1 aromatic carbocycles. The van der Waals surface area contributed by atoms with Gasteiger partial charge in [-0.05, 0) is 17.7 Å². The average Bonchev–Trinajstić information content (AvgIpc) is 2.11. The molecule has 0 saturated carbocycles. The molecule has 76 valence electrons. The number of amides is 1. The second-order valence-corrected chi connectivity index (χ2v) is 3.12. The SMILES string of the molecule is CC(=O)N(C)Cc1ccc(F)c(F)c1. The van der Waals surface area contributed by atoms with Crippen LogP contribution in [0.3, 0.4) is 0 Å². The number of hydrogen-bond acceptors (Lipinski definition) is 1. The van der Waals surface area contributed by atoms with Gasteiger partial charge in [-0.1, -0.05) is 6.07 Å². The Kier molecular flexibility index (Phi) is 3.17. The summed E-state index contributed by atoms with van der Waals surface area (Å²) in [5.74, 6) is -1.88. The van der Waals surface area contributed by atoms with E-state index >= 15 is 0 Å². The Bertz CT molecular complexity index is 352. The Hall–Kier alpha value is -1.45. The summed E-state index contributed by atoms with van der Waals surface area (Å²) in [4.78, 5) is 12.3. The van der Waals surface area contributed by atoms with E-state index in [0.29, 0.717) is 5.56 Å². The lowest BCUT2D eigenvalue weighted by atomic mass is 10.2. The summed E-state index contributed by atoms with van der Waals surface area (Å²) in [5, 5.41) is 0. The fraction of sp³-hybridized carbons (Fsp3) is 0.300. The standard InChI is InChI=1S/C10H11F2NO/c1-7(14)13(2)6-8-3-4-9(11)10(12)5-8/h3-5H,6H2,1-2H3. The number of nitrogens with zero attached hydrogens (tertiary/aromatic N) is 1. The first-order valence-electron chi connectivity index (χ1n) is 4.16. The number of halogens is 2. The molecular weight excluding hydrogens is 188 g/mol. The van der Waals surface area contributed by atoms with Gasteiger partial charge in [-0.2, -0.15) is 0 Å². The summed E-state index contributed by atoms with van der Waals surface area (Å²) in [5.41, 5.74) is 0.571. The monoisotopic (exact) mass is 199 g/mol. The normalized spacial score (nSPS) is 10.0.